The van der Waals surface area contributed by atoms with E-state index in [1.54, 1.807) is 0 Å². The van der Waals surface area contributed by atoms with Crippen LogP contribution in [0.15, 0.2) is 0 Å². The van der Waals surface area contributed by atoms with Gasteiger partial charge in [0.2, 0.25) is 6.29 Å². The minimum absolute atomic E-state index is 0.0738. The fraction of sp³-hybridized carbons (Fsp3) is 0.933. The summed E-state index contributed by atoms with van der Waals surface area (Å²) < 4.78 is 18.0. The van der Waals surface area contributed by atoms with Crippen molar-refractivity contribution in [3.05, 3.63) is 0 Å². The molecule has 4 nitrogen and oxygen atoms in total. The molecule has 3 heterocycles. The second-order valence-electron chi connectivity index (χ2n) is 7.07. The summed E-state index contributed by atoms with van der Waals surface area (Å²) in [7, 11) is 0. The Bertz CT molecular complexity index is 436. The zero-order chi connectivity index (χ0) is 13.4. The van der Waals surface area contributed by atoms with E-state index in [1.807, 2.05) is 13.8 Å². The number of hydrogen-bond donors (Lipinski definition) is 0. The van der Waals surface area contributed by atoms with Gasteiger partial charge in [0, 0.05) is 12.3 Å². The lowest BCUT2D eigenvalue weighted by Crippen LogP contribution is -2.65. The molecule has 1 saturated carbocycles. The highest BCUT2D eigenvalue weighted by atomic mass is 16.8. The maximum Gasteiger partial charge on any atom is 0.311 e. The highest BCUT2D eigenvalue weighted by molar-refractivity contribution is 5.74. The number of fused-ring (bicyclic) bond motifs is 1. The average molecular weight is 266 g/mol. The summed E-state index contributed by atoms with van der Waals surface area (Å²) in [6.45, 7) is 6.28. The largest absolute Gasteiger partial charge is 0.432 e. The Balaban J connectivity index is 1.84. The molecule has 0 N–H and O–H groups in total. The van der Waals surface area contributed by atoms with Gasteiger partial charge in [-0.3, -0.25) is 4.79 Å². The highest BCUT2D eigenvalue weighted by Gasteiger charge is 2.72. The Kier molecular flexibility index (Phi) is 2.26. The van der Waals surface area contributed by atoms with Gasteiger partial charge in [-0.1, -0.05) is 13.8 Å². The fourth-order valence-corrected chi connectivity index (χ4v) is 5.03. The van der Waals surface area contributed by atoms with Gasteiger partial charge in [0.25, 0.3) is 0 Å². The predicted octanol–water partition coefficient (Wildman–Crippen LogP) is 2.46. The second-order valence-corrected chi connectivity index (χ2v) is 7.07. The molecule has 0 aromatic rings. The first-order valence-electron chi connectivity index (χ1n) is 7.55. The standard InChI is InChI=1S/C15H22O4/c1-8-4-5-11-9(2)12(16)17-13-15(11)10(8)6-7-14(3,18-13)19-15/h8-11,13H,4-7H2,1-3H3/t8-,9+,10-,11-,13+,14-,15-/m1/s1. The molecule has 4 heteroatoms. The number of carbonyl (C=O) groups excluding carboxylic acids is 1. The van der Waals surface area contributed by atoms with Gasteiger partial charge in [-0.25, -0.2) is 0 Å². The van der Waals surface area contributed by atoms with Crippen molar-refractivity contribution in [2.24, 2.45) is 23.7 Å². The molecule has 4 aliphatic rings. The summed E-state index contributed by atoms with van der Waals surface area (Å²) in [6.07, 6.45) is 3.76. The van der Waals surface area contributed by atoms with Crippen LogP contribution in [0, 0.1) is 23.7 Å². The normalized spacial score (nSPS) is 59.5. The zero-order valence-corrected chi connectivity index (χ0v) is 11.8. The van der Waals surface area contributed by atoms with Gasteiger partial charge in [-0.2, -0.15) is 0 Å². The maximum absolute atomic E-state index is 12.1. The molecule has 0 amide bonds. The van der Waals surface area contributed by atoms with Crippen molar-refractivity contribution in [2.75, 3.05) is 0 Å². The quantitative estimate of drug-likeness (QED) is 0.632. The van der Waals surface area contributed by atoms with Gasteiger partial charge < -0.3 is 14.2 Å². The molecular weight excluding hydrogens is 244 g/mol. The van der Waals surface area contributed by atoms with Crippen molar-refractivity contribution in [2.45, 2.75) is 64.1 Å². The summed E-state index contributed by atoms with van der Waals surface area (Å²) in [4.78, 5) is 12.1. The van der Waals surface area contributed by atoms with Crippen LogP contribution in [0.3, 0.4) is 0 Å². The molecule has 0 radical (unpaired) electrons. The number of hydrogen-bond acceptors (Lipinski definition) is 4. The van der Waals surface area contributed by atoms with E-state index in [0.717, 1.165) is 19.3 Å². The van der Waals surface area contributed by atoms with Crippen molar-refractivity contribution >= 4 is 5.97 Å². The van der Waals surface area contributed by atoms with Crippen molar-refractivity contribution in [3.63, 3.8) is 0 Å². The Labute approximate surface area is 113 Å². The van der Waals surface area contributed by atoms with Crippen LogP contribution in [0.2, 0.25) is 0 Å². The molecule has 2 bridgehead atoms. The first-order valence-corrected chi connectivity index (χ1v) is 7.55. The van der Waals surface area contributed by atoms with Crippen LogP contribution in [0.1, 0.15) is 46.5 Å². The molecule has 7 atom stereocenters. The van der Waals surface area contributed by atoms with Crippen LogP contribution < -0.4 is 0 Å². The fourth-order valence-electron chi connectivity index (χ4n) is 5.03. The van der Waals surface area contributed by atoms with E-state index in [-0.39, 0.29) is 23.4 Å². The first kappa shape index (κ1) is 12.2. The van der Waals surface area contributed by atoms with Gasteiger partial charge in [-0.15, -0.1) is 0 Å². The van der Waals surface area contributed by atoms with Gasteiger partial charge in [-0.05, 0) is 38.0 Å². The Morgan fingerprint density at radius 2 is 1.95 bits per heavy atom. The molecule has 19 heavy (non-hydrogen) atoms. The van der Waals surface area contributed by atoms with Crippen molar-refractivity contribution in [3.8, 4) is 0 Å². The summed E-state index contributed by atoms with van der Waals surface area (Å²) >= 11 is 0. The smallest absolute Gasteiger partial charge is 0.311 e. The van der Waals surface area contributed by atoms with E-state index in [1.165, 1.54) is 6.42 Å². The van der Waals surface area contributed by atoms with E-state index >= 15 is 0 Å². The Morgan fingerprint density at radius 1 is 1.16 bits per heavy atom. The molecule has 0 aromatic heterocycles. The van der Waals surface area contributed by atoms with Crippen molar-refractivity contribution in [1.29, 1.82) is 0 Å². The second kappa shape index (κ2) is 3.53. The topological polar surface area (TPSA) is 44.8 Å². The van der Waals surface area contributed by atoms with Crippen LogP contribution in [-0.2, 0) is 19.0 Å². The number of carbonyl (C=O) groups is 1. The minimum Gasteiger partial charge on any atom is -0.432 e. The van der Waals surface area contributed by atoms with Crippen LogP contribution in [-0.4, -0.2) is 23.6 Å². The molecule has 1 aliphatic carbocycles. The zero-order valence-electron chi connectivity index (χ0n) is 11.8. The predicted molar refractivity (Wildman–Crippen MR) is 67.0 cm³/mol. The van der Waals surface area contributed by atoms with Crippen LogP contribution >= 0.6 is 0 Å². The van der Waals surface area contributed by atoms with Crippen molar-refractivity contribution in [1.82, 2.24) is 0 Å². The third-order valence-corrected chi connectivity index (χ3v) is 6.00. The molecule has 106 valence electrons. The van der Waals surface area contributed by atoms with E-state index in [9.17, 15) is 4.79 Å². The van der Waals surface area contributed by atoms with Crippen LogP contribution in [0.4, 0.5) is 0 Å². The monoisotopic (exact) mass is 266 g/mol. The third-order valence-electron chi connectivity index (χ3n) is 6.00. The molecule has 4 fully saturated rings. The van der Waals surface area contributed by atoms with E-state index in [2.05, 4.69) is 6.92 Å². The lowest BCUT2D eigenvalue weighted by molar-refractivity contribution is -0.263. The average Bonchev–Trinajstić information content (AvgIpc) is 2.56. The molecule has 4 rings (SSSR count). The molecule has 0 unspecified atom stereocenters. The molecule has 3 saturated heterocycles. The Hall–Kier alpha value is -0.610. The van der Waals surface area contributed by atoms with Gasteiger partial charge in [0.05, 0.1) is 5.92 Å². The molecule has 1 spiro atoms. The summed E-state index contributed by atoms with van der Waals surface area (Å²) in [5.41, 5.74) is -0.377. The SMILES string of the molecule is C[C@@H]1CC[C@@H]2[C@H](C)C(=O)O[C@H]3O[C@@]4(C)CC[C@H]1[C@]32O4. The van der Waals surface area contributed by atoms with Gasteiger partial charge in [0.15, 0.2) is 5.79 Å². The summed E-state index contributed by atoms with van der Waals surface area (Å²) in [5.74, 6) is 0.586. The summed E-state index contributed by atoms with van der Waals surface area (Å²) in [5, 5.41) is 0. The lowest BCUT2D eigenvalue weighted by atomic mass is 9.57. The highest BCUT2D eigenvalue weighted by Crippen LogP contribution is 2.62. The van der Waals surface area contributed by atoms with Crippen LogP contribution in [0.25, 0.3) is 0 Å². The van der Waals surface area contributed by atoms with E-state index in [4.69, 9.17) is 14.2 Å². The number of esters is 1. The summed E-state index contributed by atoms with van der Waals surface area (Å²) in [6, 6.07) is 0. The molecule has 0 aromatic carbocycles. The third kappa shape index (κ3) is 1.34. The molecule has 3 aliphatic heterocycles. The Morgan fingerprint density at radius 3 is 2.74 bits per heavy atom. The van der Waals surface area contributed by atoms with E-state index < -0.39 is 12.1 Å². The van der Waals surface area contributed by atoms with E-state index in [0.29, 0.717) is 11.8 Å². The number of ether oxygens (including phenoxy) is 3. The van der Waals surface area contributed by atoms with Crippen molar-refractivity contribution < 1.29 is 19.0 Å². The first-order chi connectivity index (χ1) is 8.96. The van der Waals surface area contributed by atoms with Gasteiger partial charge in [0.1, 0.15) is 5.60 Å². The maximum atomic E-state index is 12.1. The lowest BCUT2D eigenvalue weighted by Gasteiger charge is -2.56. The minimum atomic E-state index is -0.555. The van der Waals surface area contributed by atoms with Gasteiger partial charge >= 0.3 is 5.97 Å². The number of rotatable bonds is 0. The van der Waals surface area contributed by atoms with Crippen LogP contribution in [0.5, 0.6) is 0 Å². The molecular formula is C15H22O4.